The summed E-state index contributed by atoms with van der Waals surface area (Å²) in [6, 6.07) is 1.39. The Morgan fingerprint density at radius 3 is 2.68 bits per heavy atom. The predicted octanol–water partition coefficient (Wildman–Crippen LogP) is 1.40. The zero-order valence-electron chi connectivity index (χ0n) is 17.6. The third-order valence-corrected chi connectivity index (χ3v) is 6.48. The molecule has 1 unspecified atom stereocenters. The summed E-state index contributed by atoms with van der Waals surface area (Å²) in [4.78, 5) is 36.2. The van der Waals surface area contributed by atoms with Crippen molar-refractivity contribution in [2.75, 3.05) is 0 Å². The van der Waals surface area contributed by atoms with E-state index in [9.17, 15) is 24.6 Å². The van der Waals surface area contributed by atoms with Crippen LogP contribution in [0.4, 0.5) is 0 Å². The fourth-order valence-electron chi connectivity index (χ4n) is 4.66. The van der Waals surface area contributed by atoms with Gasteiger partial charge in [0.1, 0.15) is 35.9 Å². The summed E-state index contributed by atoms with van der Waals surface area (Å²) in [6.07, 6.45) is -3.10. The zero-order chi connectivity index (χ0) is 22.7. The van der Waals surface area contributed by atoms with E-state index in [4.69, 9.17) is 18.6 Å². The summed E-state index contributed by atoms with van der Waals surface area (Å²) in [5.74, 6) is -1.22. The smallest absolute Gasteiger partial charge is 0.345 e. The third-order valence-electron chi connectivity index (χ3n) is 6.48. The first-order valence-electron chi connectivity index (χ1n) is 10.2. The van der Waals surface area contributed by atoms with Gasteiger partial charge in [0.25, 0.3) is 0 Å². The Morgan fingerprint density at radius 1 is 1.39 bits per heavy atom. The number of epoxide rings is 1. The molecule has 2 fully saturated rings. The summed E-state index contributed by atoms with van der Waals surface area (Å²) in [6.45, 7) is 8.41. The summed E-state index contributed by atoms with van der Waals surface area (Å²) in [5.41, 5.74) is -2.24. The Hall–Kier alpha value is -2.49. The highest BCUT2D eigenvalue weighted by atomic mass is 16.7. The van der Waals surface area contributed by atoms with Gasteiger partial charge in [-0.2, -0.15) is 0 Å². The summed E-state index contributed by atoms with van der Waals surface area (Å²) >= 11 is 0. The SMILES string of the molecule is C=C(C)C1Cc2oc(cc2C=O)[C@H](O)[C@](C)(O)C[C@@H]2OC(=O)[C@@]3(O[C@@H]23)[C@H](OC(C)=O)C1. The number of aldehydes is 1. The van der Waals surface area contributed by atoms with Crippen LogP contribution in [-0.4, -0.2) is 58.0 Å². The van der Waals surface area contributed by atoms with E-state index in [0.29, 0.717) is 12.0 Å². The van der Waals surface area contributed by atoms with Crippen LogP contribution in [0.25, 0.3) is 0 Å². The van der Waals surface area contributed by atoms with Gasteiger partial charge in [0, 0.05) is 19.8 Å². The van der Waals surface area contributed by atoms with E-state index in [-0.39, 0.29) is 36.5 Å². The van der Waals surface area contributed by atoms with Crippen molar-refractivity contribution in [1.82, 2.24) is 0 Å². The second-order valence-electron chi connectivity index (χ2n) is 8.97. The van der Waals surface area contributed by atoms with E-state index in [1.807, 2.05) is 0 Å². The van der Waals surface area contributed by atoms with Crippen molar-refractivity contribution in [3.8, 4) is 0 Å². The van der Waals surface area contributed by atoms with E-state index < -0.39 is 47.6 Å². The van der Waals surface area contributed by atoms with Crippen LogP contribution in [-0.2, 0) is 30.2 Å². The van der Waals surface area contributed by atoms with Gasteiger partial charge in [-0.3, -0.25) is 9.59 Å². The summed E-state index contributed by atoms with van der Waals surface area (Å²) in [5, 5.41) is 21.7. The lowest BCUT2D eigenvalue weighted by atomic mass is 9.83. The monoisotopic (exact) mass is 434 g/mol. The molecule has 0 saturated carbocycles. The fourth-order valence-corrected chi connectivity index (χ4v) is 4.66. The van der Waals surface area contributed by atoms with Crippen LogP contribution in [0.5, 0.6) is 0 Å². The van der Waals surface area contributed by atoms with Gasteiger partial charge in [-0.1, -0.05) is 12.2 Å². The minimum atomic E-state index is -1.75. The first kappa shape index (κ1) is 21.7. The van der Waals surface area contributed by atoms with Crippen LogP contribution in [0.1, 0.15) is 61.6 Å². The highest BCUT2D eigenvalue weighted by molar-refractivity contribution is 5.88. The van der Waals surface area contributed by atoms with E-state index >= 15 is 0 Å². The molecular weight excluding hydrogens is 408 g/mol. The first-order chi connectivity index (χ1) is 14.5. The van der Waals surface area contributed by atoms with Crippen LogP contribution in [0.2, 0.25) is 0 Å². The molecule has 4 bridgehead atoms. The zero-order valence-corrected chi connectivity index (χ0v) is 17.6. The molecule has 9 nitrogen and oxygen atoms in total. The standard InChI is InChI=1S/C22H26O9/c1-10(2)12-5-14-13(9-23)6-15(29-14)18(25)21(4,27)8-16-19-22(31-19,20(26)30-16)17(7-12)28-11(3)24/h6,9,12,16-19,25,27H,1,5,7-8H2,2-4H3/t12?,16-,17+,18-,19-,21+,22+/m0/s1. The molecule has 168 valence electrons. The normalized spacial score (nSPS) is 39.3. The fraction of sp³-hybridized carbons (Fsp3) is 0.591. The van der Waals surface area contributed by atoms with Crippen LogP contribution in [0, 0.1) is 5.92 Å². The second kappa shape index (κ2) is 7.29. The summed E-state index contributed by atoms with van der Waals surface area (Å²) in [7, 11) is 0. The first-order valence-corrected chi connectivity index (χ1v) is 10.2. The third kappa shape index (κ3) is 3.50. The van der Waals surface area contributed by atoms with Gasteiger partial charge >= 0.3 is 11.9 Å². The Labute approximate surface area is 179 Å². The van der Waals surface area contributed by atoms with Gasteiger partial charge in [0.2, 0.25) is 5.60 Å². The number of ether oxygens (including phenoxy) is 3. The Bertz CT molecular complexity index is 945. The number of allylic oxidation sites excluding steroid dienone is 1. The van der Waals surface area contributed by atoms with Crippen molar-refractivity contribution >= 4 is 18.2 Å². The average molecular weight is 434 g/mol. The van der Waals surface area contributed by atoms with Gasteiger partial charge < -0.3 is 28.8 Å². The molecule has 2 N–H and O–H groups in total. The average Bonchev–Trinajstić information content (AvgIpc) is 3.22. The molecule has 0 amide bonds. The van der Waals surface area contributed by atoms with E-state index in [0.717, 1.165) is 5.57 Å². The number of carbonyl (C=O) groups is 3. The lowest BCUT2D eigenvalue weighted by Gasteiger charge is -2.30. The maximum Gasteiger partial charge on any atom is 0.345 e. The quantitative estimate of drug-likeness (QED) is 0.313. The molecule has 31 heavy (non-hydrogen) atoms. The molecule has 1 aromatic rings. The molecule has 2 saturated heterocycles. The molecule has 0 spiro atoms. The number of aliphatic hydroxyl groups excluding tert-OH is 1. The summed E-state index contributed by atoms with van der Waals surface area (Å²) < 4.78 is 22.5. The molecular formula is C22H26O9. The van der Waals surface area contributed by atoms with Crippen molar-refractivity contribution in [2.24, 2.45) is 5.92 Å². The molecule has 9 heteroatoms. The lowest BCUT2D eigenvalue weighted by molar-refractivity contribution is -0.169. The molecule has 0 aromatic carbocycles. The van der Waals surface area contributed by atoms with Crippen LogP contribution in [0.3, 0.4) is 0 Å². The molecule has 1 aromatic heterocycles. The van der Waals surface area contributed by atoms with Crippen molar-refractivity contribution < 1.29 is 43.2 Å². The molecule has 4 rings (SSSR count). The number of rotatable bonds is 3. The van der Waals surface area contributed by atoms with Crippen molar-refractivity contribution in [1.29, 1.82) is 0 Å². The number of esters is 2. The maximum atomic E-state index is 12.8. The number of furan rings is 1. The van der Waals surface area contributed by atoms with Gasteiger partial charge in [-0.05, 0) is 32.3 Å². The van der Waals surface area contributed by atoms with Gasteiger partial charge in [0.15, 0.2) is 6.29 Å². The molecule has 0 aliphatic carbocycles. The number of aliphatic hydroxyl groups is 2. The molecule has 3 aliphatic heterocycles. The number of hydrogen-bond donors (Lipinski definition) is 2. The molecule has 0 radical (unpaired) electrons. The molecule has 3 aliphatic rings. The van der Waals surface area contributed by atoms with Crippen LogP contribution in [0.15, 0.2) is 22.6 Å². The second-order valence-corrected chi connectivity index (χ2v) is 8.97. The Balaban J connectivity index is 1.80. The van der Waals surface area contributed by atoms with Crippen molar-refractivity contribution in [3.63, 3.8) is 0 Å². The van der Waals surface area contributed by atoms with Gasteiger partial charge in [-0.15, -0.1) is 0 Å². The molecule has 4 heterocycles. The highest BCUT2D eigenvalue weighted by Crippen LogP contribution is 2.54. The maximum absolute atomic E-state index is 12.8. The van der Waals surface area contributed by atoms with Gasteiger partial charge in [-0.25, -0.2) is 4.79 Å². The van der Waals surface area contributed by atoms with Gasteiger partial charge in [0.05, 0.1) is 11.2 Å². The molecule has 7 atom stereocenters. The topological polar surface area (TPSA) is 136 Å². The largest absolute Gasteiger partial charge is 0.462 e. The van der Waals surface area contributed by atoms with Crippen LogP contribution < -0.4 is 0 Å². The number of hydrogen-bond acceptors (Lipinski definition) is 9. The Kier molecular flexibility index (Phi) is 5.11. The van der Waals surface area contributed by atoms with Crippen molar-refractivity contribution in [3.05, 3.63) is 35.3 Å². The van der Waals surface area contributed by atoms with Crippen molar-refractivity contribution in [2.45, 2.75) is 75.7 Å². The lowest BCUT2D eigenvalue weighted by Crippen LogP contribution is -2.42. The van der Waals surface area contributed by atoms with Crippen LogP contribution >= 0.6 is 0 Å². The predicted molar refractivity (Wildman–Crippen MR) is 104 cm³/mol. The number of fused-ring (bicyclic) bond motifs is 2. The highest BCUT2D eigenvalue weighted by Gasteiger charge is 2.78. The number of carbonyl (C=O) groups excluding carboxylic acids is 3. The van der Waals surface area contributed by atoms with E-state index in [1.54, 1.807) is 6.92 Å². The van der Waals surface area contributed by atoms with E-state index in [2.05, 4.69) is 6.58 Å². The minimum Gasteiger partial charge on any atom is -0.462 e. The Morgan fingerprint density at radius 2 is 2.10 bits per heavy atom. The van der Waals surface area contributed by atoms with E-state index in [1.165, 1.54) is 19.9 Å². The minimum absolute atomic E-state index is 0.0330.